The smallest absolute Gasteiger partial charge is 0.194 e. The average molecular weight is 451 g/mol. The molecule has 6 heteroatoms. The number of guanidine groups is 1. The number of hydrogen-bond donors (Lipinski definition) is 1. The van der Waals surface area contributed by atoms with Gasteiger partial charge in [-0.2, -0.15) is 0 Å². The van der Waals surface area contributed by atoms with Crippen LogP contribution in [-0.4, -0.2) is 63.0 Å². The monoisotopic (exact) mass is 451 g/mol. The van der Waals surface area contributed by atoms with E-state index in [-0.39, 0.29) is 29.6 Å². The van der Waals surface area contributed by atoms with Gasteiger partial charge in [0, 0.05) is 52.8 Å². The first-order valence-corrected chi connectivity index (χ1v) is 9.42. The van der Waals surface area contributed by atoms with Gasteiger partial charge in [0.2, 0.25) is 0 Å². The van der Waals surface area contributed by atoms with Crippen LogP contribution in [0.4, 0.5) is 0 Å². The molecule has 140 valence electrons. The maximum atomic E-state index is 5.83. The third-order valence-electron chi connectivity index (χ3n) is 5.96. The lowest BCUT2D eigenvalue weighted by Crippen LogP contribution is -2.44. The molecular weight excluding hydrogens is 417 g/mol. The number of aliphatic imine (C=N–C) groups is 1. The molecule has 24 heavy (non-hydrogen) atoms. The molecule has 2 atom stereocenters. The van der Waals surface area contributed by atoms with E-state index in [1.807, 2.05) is 7.11 Å². The van der Waals surface area contributed by atoms with Crippen molar-refractivity contribution in [3.8, 4) is 0 Å². The van der Waals surface area contributed by atoms with E-state index in [0.29, 0.717) is 0 Å². The van der Waals surface area contributed by atoms with E-state index < -0.39 is 0 Å². The molecular formula is C18H34IN3O2. The number of rotatable bonds is 4. The molecule has 2 saturated heterocycles. The highest BCUT2D eigenvalue weighted by atomic mass is 127. The first kappa shape index (κ1) is 20.2. The van der Waals surface area contributed by atoms with Crippen LogP contribution in [0.2, 0.25) is 0 Å². The molecule has 0 aromatic carbocycles. The van der Waals surface area contributed by atoms with Crippen LogP contribution in [0, 0.1) is 11.8 Å². The average Bonchev–Trinajstić information content (AvgIpc) is 3.03. The SMILES string of the molecule is CCNC(=NCC1(OC)CCOCC1)N1CC2CCCCC2C1.I. The zero-order chi connectivity index (χ0) is 16.1. The van der Waals surface area contributed by atoms with Gasteiger partial charge in [-0.15, -0.1) is 24.0 Å². The minimum Gasteiger partial charge on any atom is -0.381 e. The molecule has 0 radical (unpaired) electrons. The summed E-state index contributed by atoms with van der Waals surface area (Å²) in [5.41, 5.74) is -0.134. The van der Waals surface area contributed by atoms with E-state index in [1.165, 1.54) is 38.8 Å². The van der Waals surface area contributed by atoms with Gasteiger partial charge >= 0.3 is 0 Å². The Morgan fingerprint density at radius 3 is 2.38 bits per heavy atom. The fourth-order valence-electron chi connectivity index (χ4n) is 4.39. The molecule has 0 aromatic rings. The summed E-state index contributed by atoms with van der Waals surface area (Å²) in [6, 6.07) is 0. The Kier molecular flexibility index (Phi) is 8.07. The Bertz CT molecular complexity index is 399. The summed E-state index contributed by atoms with van der Waals surface area (Å²) in [6.07, 6.45) is 7.51. The molecule has 2 aliphatic heterocycles. The van der Waals surface area contributed by atoms with Crippen LogP contribution in [0.15, 0.2) is 4.99 Å². The summed E-state index contributed by atoms with van der Waals surface area (Å²) in [6.45, 7) is 7.74. The maximum Gasteiger partial charge on any atom is 0.194 e. The van der Waals surface area contributed by atoms with Crippen molar-refractivity contribution in [3.05, 3.63) is 0 Å². The van der Waals surface area contributed by atoms with Crippen molar-refractivity contribution in [2.24, 2.45) is 16.8 Å². The highest BCUT2D eigenvalue weighted by Gasteiger charge is 2.36. The summed E-state index contributed by atoms with van der Waals surface area (Å²) in [5.74, 6) is 2.85. The van der Waals surface area contributed by atoms with Gasteiger partial charge in [0.05, 0.1) is 12.1 Å². The van der Waals surface area contributed by atoms with E-state index >= 15 is 0 Å². The zero-order valence-corrected chi connectivity index (χ0v) is 17.6. The fourth-order valence-corrected chi connectivity index (χ4v) is 4.39. The normalized spacial score (nSPS) is 29.8. The lowest BCUT2D eigenvalue weighted by atomic mass is 9.82. The number of likely N-dealkylation sites (tertiary alicyclic amines) is 1. The summed E-state index contributed by atoms with van der Waals surface area (Å²) >= 11 is 0. The summed E-state index contributed by atoms with van der Waals surface area (Å²) < 4.78 is 11.3. The third-order valence-corrected chi connectivity index (χ3v) is 5.96. The molecule has 0 amide bonds. The topological polar surface area (TPSA) is 46.1 Å². The van der Waals surface area contributed by atoms with Crippen molar-refractivity contribution in [1.29, 1.82) is 0 Å². The molecule has 0 bridgehead atoms. The number of nitrogens with one attached hydrogen (secondary N) is 1. The minimum absolute atomic E-state index is 0. The highest BCUT2D eigenvalue weighted by Crippen LogP contribution is 2.36. The molecule has 0 aromatic heterocycles. The summed E-state index contributed by atoms with van der Waals surface area (Å²) in [7, 11) is 1.82. The Hall–Kier alpha value is -0.0800. The van der Waals surface area contributed by atoms with Crippen LogP contribution in [0.3, 0.4) is 0 Å². The van der Waals surface area contributed by atoms with Crippen LogP contribution in [0.5, 0.6) is 0 Å². The van der Waals surface area contributed by atoms with E-state index in [1.54, 1.807) is 0 Å². The van der Waals surface area contributed by atoms with Gasteiger partial charge in [-0.3, -0.25) is 4.99 Å². The van der Waals surface area contributed by atoms with Crippen molar-refractivity contribution in [1.82, 2.24) is 10.2 Å². The second kappa shape index (κ2) is 9.57. The molecule has 5 nitrogen and oxygen atoms in total. The van der Waals surface area contributed by atoms with Gasteiger partial charge in [-0.05, 0) is 31.6 Å². The summed E-state index contributed by atoms with van der Waals surface area (Å²) in [5, 5.41) is 3.50. The van der Waals surface area contributed by atoms with Gasteiger partial charge in [0.15, 0.2) is 5.96 Å². The maximum absolute atomic E-state index is 5.83. The number of ether oxygens (including phenoxy) is 2. The van der Waals surface area contributed by atoms with Gasteiger partial charge in [0.1, 0.15) is 0 Å². The van der Waals surface area contributed by atoms with Crippen molar-refractivity contribution >= 4 is 29.9 Å². The second-order valence-corrected chi connectivity index (χ2v) is 7.38. The van der Waals surface area contributed by atoms with Crippen LogP contribution >= 0.6 is 24.0 Å². The molecule has 2 heterocycles. The van der Waals surface area contributed by atoms with Gasteiger partial charge < -0.3 is 19.7 Å². The van der Waals surface area contributed by atoms with Crippen LogP contribution in [0.1, 0.15) is 45.4 Å². The number of hydrogen-bond acceptors (Lipinski definition) is 3. The van der Waals surface area contributed by atoms with E-state index in [4.69, 9.17) is 14.5 Å². The second-order valence-electron chi connectivity index (χ2n) is 7.38. The quantitative estimate of drug-likeness (QED) is 0.406. The number of nitrogens with zero attached hydrogens (tertiary/aromatic N) is 2. The molecule has 3 aliphatic rings. The molecule has 0 spiro atoms. The van der Waals surface area contributed by atoms with Gasteiger partial charge in [-0.1, -0.05) is 12.8 Å². The molecule has 3 rings (SSSR count). The number of fused-ring (bicyclic) bond motifs is 1. The summed E-state index contributed by atoms with van der Waals surface area (Å²) in [4.78, 5) is 7.46. The zero-order valence-electron chi connectivity index (χ0n) is 15.3. The van der Waals surface area contributed by atoms with Crippen molar-refractivity contribution in [2.75, 3.05) is 46.5 Å². The Labute approximate surface area is 164 Å². The minimum atomic E-state index is -0.134. The molecule has 1 saturated carbocycles. The Morgan fingerprint density at radius 2 is 1.83 bits per heavy atom. The standard InChI is InChI=1S/C18H33N3O2.HI/c1-3-19-17(20-14-18(22-2)8-10-23-11-9-18)21-12-15-6-4-5-7-16(15)13-21;/h15-16H,3-14H2,1-2H3,(H,19,20);1H. The van der Waals surface area contributed by atoms with Gasteiger partial charge in [-0.25, -0.2) is 0 Å². The Balaban J connectivity index is 0.00000208. The molecule has 1 aliphatic carbocycles. The molecule has 2 unspecified atom stereocenters. The first-order valence-electron chi connectivity index (χ1n) is 9.42. The predicted octanol–water partition coefficient (Wildman–Crippen LogP) is 2.89. The van der Waals surface area contributed by atoms with Crippen LogP contribution in [0.25, 0.3) is 0 Å². The Morgan fingerprint density at radius 1 is 1.21 bits per heavy atom. The molecule has 3 fully saturated rings. The first-order chi connectivity index (χ1) is 11.3. The molecule has 1 N–H and O–H groups in total. The van der Waals surface area contributed by atoms with E-state index in [0.717, 1.165) is 56.9 Å². The van der Waals surface area contributed by atoms with Crippen molar-refractivity contribution in [3.63, 3.8) is 0 Å². The lowest BCUT2D eigenvalue weighted by molar-refractivity contribution is -0.0829. The number of halogens is 1. The van der Waals surface area contributed by atoms with E-state index in [9.17, 15) is 0 Å². The van der Waals surface area contributed by atoms with Crippen LogP contribution < -0.4 is 5.32 Å². The van der Waals surface area contributed by atoms with E-state index in [2.05, 4.69) is 17.1 Å². The highest BCUT2D eigenvalue weighted by molar-refractivity contribution is 14.0. The van der Waals surface area contributed by atoms with Crippen LogP contribution in [-0.2, 0) is 9.47 Å². The van der Waals surface area contributed by atoms with Crippen molar-refractivity contribution in [2.45, 2.75) is 51.0 Å². The number of methoxy groups -OCH3 is 1. The lowest BCUT2D eigenvalue weighted by Gasteiger charge is -2.35. The van der Waals surface area contributed by atoms with Crippen molar-refractivity contribution < 1.29 is 9.47 Å². The third kappa shape index (κ3) is 4.75. The van der Waals surface area contributed by atoms with Gasteiger partial charge in [0.25, 0.3) is 0 Å². The predicted molar refractivity (Wildman–Crippen MR) is 108 cm³/mol. The largest absolute Gasteiger partial charge is 0.381 e. The fraction of sp³-hybridized carbons (Fsp3) is 0.944.